The van der Waals surface area contributed by atoms with Crippen LogP contribution in [0.25, 0.3) is 10.9 Å². The topological polar surface area (TPSA) is 66.5 Å². The minimum atomic E-state index is 0.661. The number of H-pyrrole nitrogens is 1. The number of hydrogen-bond acceptors (Lipinski definition) is 4. The second-order valence-electron chi connectivity index (χ2n) is 4.03. The van der Waals surface area contributed by atoms with Gasteiger partial charge in [0.25, 0.3) is 0 Å². The molecule has 0 unspecified atom stereocenters. The molecular formula is C13H13N5. The van der Waals surface area contributed by atoms with Crippen LogP contribution in [0.15, 0.2) is 42.7 Å². The van der Waals surface area contributed by atoms with Gasteiger partial charge in [0.15, 0.2) is 0 Å². The molecule has 0 radical (unpaired) electrons. The molecule has 1 aromatic carbocycles. The third kappa shape index (κ3) is 2.36. The first-order valence-corrected chi connectivity index (χ1v) is 5.81. The molecule has 0 saturated heterocycles. The van der Waals surface area contributed by atoms with E-state index in [1.165, 1.54) is 6.33 Å². The van der Waals surface area contributed by atoms with Crippen LogP contribution in [0.2, 0.25) is 0 Å². The zero-order valence-electron chi connectivity index (χ0n) is 9.80. The van der Waals surface area contributed by atoms with Crippen LogP contribution >= 0.6 is 0 Å². The summed E-state index contributed by atoms with van der Waals surface area (Å²) < 4.78 is 0. The number of benzene rings is 1. The summed E-state index contributed by atoms with van der Waals surface area (Å²) >= 11 is 0. The summed E-state index contributed by atoms with van der Waals surface area (Å²) in [6, 6.07) is 12.2. The lowest BCUT2D eigenvalue weighted by Crippen LogP contribution is -2.14. The second-order valence-corrected chi connectivity index (χ2v) is 4.03. The Morgan fingerprint density at radius 1 is 1.06 bits per heavy atom. The van der Waals surface area contributed by atoms with Gasteiger partial charge in [0.05, 0.1) is 17.8 Å². The van der Waals surface area contributed by atoms with Gasteiger partial charge < -0.3 is 5.32 Å². The maximum Gasteiger partial charge on any atom is 0.138 e. The zero-order chi connectivity index (χ0) is 12.2. The lowest BCUT2D eigenvalue weighted by Gasteiger charge is -2.04. The summed E-state index contributed by atoms with van der Waals surface area (Å²) in [4.78, 5) is 8.63. The molecule has 0 amide bonds. The first kappa shape index (κ1) is 10.9. The van der Waals surface area contributed by atoms with Crippen molar-refractivity contribution in [3.8, 4) is 0 Å². The molecule has 5 heteroatoms. The molecule has 0 bridgehead atoms. The Morgan fingerprint density at radius 2 is 2.00 bits per heavy atom. The van der Waals surface area contributed by atoms with Crippen LogP contribution in [-0.2, 0) is 13.1 Å². The Balaban J connectivity index is 1.67. The van der Waals surface area contributed by atoms with E-state index in [0.717, 1.165) is 22.4 Å². The molecule has 90 valence electrons. The van der Waals surface area contributed by atoms with Gasteiger partial charge in [-0.1, -0.05) is 24.3 Å². The van der Waals surface area contributed by atoms with E-state index < -0.39 is 0 Å². The van der Waals surface area contributed by atoms with E-state index in [0.29, 0.717) is 13.1 Å². The molecule has 0 aliphatic rings. The molecule has 0 saturated carbocycles. The van der Waals surface area contributed by atoms with E-state index in [1.54, 1.807) is 0 Å². The summed E-state index contributed by atoms with van der Waals surface area (Å²) in [6.45, 7) is 1.38. The standard InChI is InChI=1S/C13H13N5/c1-2-4-12-10(3-1)5-6-11(17-12)7-14-8-13-15-9-16-18-13/h1-6,9,14H,7-8H2,(H,15,16,18). The highest BCUT2D eigenvalue weighted by Crippen LogP contribution is 2.11. The van der Waals surface area contributed by atoms with Gasteiger partial charge >= 0.3 is 0 Å². The van der Waals surface area contributed by atoms with Crippen LogP contribution < -0.4 is 5.32 Å². The van der Waals surface area contributed by atoms with Gasteiger partial charge in [0, 0.05) is 11.9 Å². The number of aromatic amines is 1. The zero-order valence-corrected chi connectivity index (χ0v) is 9.80. The molecule has 18 heavy (non-hydrogen) atoms. The first-order valence-electron chi connectivity index (χ1n) is 5.81. The summed E-state index contributed by atoms with van der Waals surface area (Å²) in [5, 5.41) is 11.0. The number of rotatable bonds is 4. The van der Waals surface area contributed by atoms with Crippen molar-refractivity contribution < 1.29 is 0 Å². The Kier molecular flexibility index (Phi) is 2.97. The van der Waals surface area contributed by atoms with Crippen LogP contribution in [0.3, 0.4) is 0 Å². The van der Waals surface area contributed by atoms with Gasteiger partial charge in [-0.3, -0.25) is 10.1 Å². The van der Waals surface area contributed by atoms with Crippen molar-refractivity contribution in [3.05, 3.63) is 54.2 Å². The molecule has 3 rings (SSSR count). The highest BCUT2D eigenvalue weighted by atomic mass is 15.2. The fourth-order valence-corrected chi connectivity index (χ4v) is 1.83. The van der Waals surface area contributed by atoms with Crippen LogP contribution in [-0.4, -0.2) is 20.2 Å². The Bertz CT molecular complexity index is 633. The smallest absolute Gasteiger partial charge is 0.138 e. The minimum Gasteiger partial charge on any atom is -0.304 e. The van der Waals surface area contributed by atoms with E-state index in [-0.39, 0.29) is 0 Å². The van der Waals surface area contributed by atoms with Crippen LogP contribution in [0, 0.1) is 0 Å². The lowest BCUT2D eigenvalue weighted by atomic mass is 10.2. The Labute approximate surface area is 104 Å². The van der Waals surface area contributed by atoms with Gasteiger partial charge in [0.1, 0.15) is 12.2 Å². The third-order valence-electron chi connectivity index (χ3n) is 2.72. The molecule has 2 aromatic heterocycles. The SMILES string of the molecule is c1ccc2nc(CNCc3ncn[nH]3)ccc2c1. The largest absolute Gasteiger partial charge is 0.304 e. The maximum absolute atomic E-state index is 4.59. The highest BCUT2D eigenvalue weighted by Gasteiger charge is 1.99. The normalized spacial score (nSPS) is 10.9. The molecule has 5 nitrogen and oxygen atoms in total. The molecule has 2 N–H and O–H groups in total. The molecule has 0 atom stereocenters. The van der Waals surface area contributed by atoms with E-state index in [2.05, 4.69) is 37.6 Å². The summed E-state index contributed by atoms with van der Waals surface area (Å²) in [5.41, 5.74) is 2.05. The van der Waals surface area contributed by atoms with Crippen molar-refractivity contribution >= 4 is 10.9 Å². The quantitative estimate of drug-likeness (QED) is 0.726. The fourth-order valence-electron chi connectivity index (χ4n) is 1.83. The van der Waals surface area contributed by atoms with E-state index in [4.69, 9.17) is 0 Å². The van der Waals surface area contributed by atoms with Gasteiger partial charge in [-0.15, -0.1) is 0 Å². The van der Waals surface area contributed by atoms with Gasteiger partial charge in [0.2, 0.25) is 0 Å². The number of para-hydroxylation sites is 1. The number of nitrogens with zero attached hydrogens (tertiary/aromatic N) is 3. The van der Waals surface area contributed by atoms with E-state index in [9.17, 15) is 0 Å². The monoisotopic (exact) mass is 239 g/mol. The third-order valence-corrected chi connectivity index (χ3v) is 2.72. The Morgan fingerprint density at radius 3 is 2.89 bits per heavy atom. The van der Waals surface area contributed by atoms with Gasteiger partial charge in [-0.2, -0.15) is 5.10 Å². The van der Waals surface area contributed by atoms with Crippen molar-refractivity contribution in [1.82, 2.24) is 25.5 Å². The number of pyridine rings is 1. The van der Waals surface area contributed by atoms with Crippen molar-refractivity contribution in [2.75, 3.05) is 0 Å². The van der Waals surface area contributed by atoms with Gasteiger partial charge in [-0.05, 0) is 12.1 Å². The van der Waals surface area contributed by atoms with Crippen molar-refractivity contribution in [1.29, 1.82) is 0 Å². The van der Waals surface area contributed by atoms with E-state index in [1.807, 2.05) is 24.3 Å². The van der Waals surface area contributed by atoms with E-state index >= 15 is 0 Å². The number of fused-ring (bicyclic) bond motifs is 1. The molecular weight excluding hydrogens is 226 g/mol. The summed E-state index contributed by atoms with van der Waals surface area (Å²) in [7, 11) is 0. The number of nitrogens with one attached hydrogen (secondary N) is 2. The van der Waals surface area contributed by atoms with Crippen molar-refractivity contribution in [2.45, 2.75) is 13.1 Å². The average molecular weight is 239 g/mol. The lowest BCUT2D eigenvalue weighted by molar-refractivity contribution is 0.655. The molecule has 0 aliphatic heterocycles. The second kappa shape index (κ2) is 4.93. The van der Waals surface area contributed by atoms with Gasteiger partial charge in [-0.25, -0.2) is 4.98 Å². The molecule has 2 heterocycles. The van der Waals surface area contributed by atoms with Crippen molar-refractivity contribution in [3.63, 3.8) is 0 Å². The minimum absolute atomic E-state index is 0.661. The highest BCUT2D eigenvalue weighted by molar-refractivity contribution is 5.78. The predicted molar refractivity (Wildman–Crippen MR) is 68.7 cm³/mol. The fraction of sp³-hybridized carbons (Fsp3) is 0.154. The van der Waals surface area contributed by atoms with Crippen molar-refractivity contribution in [2.24, 2.45) is 0 Å². The maximum atomic E-state index is 4.59. The molecule has 0 spiro atoms. The summed E-state index contributed by atoms with van der Waals surface area (Å²) in [6.07, 6.45) is 1.51. The Hall–Kier alpha value is -2.27. The average Bonchev–Trinajstić information content (AvgIpc) is 2.92. The molecule has 0 aliphatic carbocycles. The van der Waals surface area contributed by atoms with Crippen LogP contribution in [0.1, 0.15) is 11.5 Å². The molecule has 3 aromatic rings. The molecule has 0 fully saturated rings. The first-order chi connectivity index (χ1) is 8.92. The predicted octanol–water partition coefficient (Wildman–Crippen LogP) is 1.64. The van der Waals surface area contributed by atoms with Crippen LogP contribution in [0.4, 0.5) is 0 Å². The number of hydrogen-bond donors (Lipinski definition) is 2. The van der Waals surface area contributed by atoms with Crippen LogP contribution in [0.5, 0.6) is 0 Å². The summed E-state index contributed by atoms with van der Waals surface area (Å²) in [5.74, 6) is 0.829. The number of aromatic nitrogens is 4.